The second-order valence-corrected chi connectivity index (χ2v) is 31.9. The number of fused-ring (bicyclic) bond motifs is 4. The van der Waals surface area contributed by atoms with Crippen LogP contribution in [0.25, 0.3) is 27.7 Å². The molecule has 9 heterocycles. The van der Waals surface area contributed by atoms with E-state index in [1.54, 1.807) is 13.2 Å². The van der Waals surface area contributed by atoms with Gasteiger partial charge in [0.25, 0.3) is 12.3 Å². The van der Waals surface area contributed by atoms with Gasteiger partial charge in [-0.15, -0.1) is 4.31 Å². The summed E-state index contributed by atoms with van der Waals surface area (Å²) < 4.78 is 59.7. The van der Waals surface area contributed by atoms with Crippen LogP contribution in [0, 0.1) is 22.7 Å². The van der Waals surface area contributed by atoms with E-state index in [9.17, 15) is 22.9 Å². The Morgan fingerprint density at radius 1 is 0.989 bits per heavy atom. The van der Waals surface area contributed by atoms with E-state index in [-0.39, 0.29) is 66.5 Å². The van der Waals surface area contributed by atoms with Crippen molar-refractivity contribution >= 4 is 57.2 Å². The summed E-state index contributed by atoms with van der Waals surface area (Å²) in [7, 11) is 1.71. The molecule has 3 aromatic rings. The van der Waals surface area contributed by atoms with E-state index < -0.39 is 58.0 Å². The fraction of sp³-hybridized carbons (Fsp3) is 0.671. The highest BCUT2D eigenvalue weighted by atomic mass is 32.2. The monoisotopic (exact) mass is 1260 g/mol. The standard InChI is InChI=1S/C70H98F2N10O7S/c1-11-80-57-23-22-49-35-52(57)54(61(80)53-36-51(38-73-58(53)45(4)88-10)77-31-30-76-26-14-18-50(76)39-77)37-69(8,9)42-89-67(86)55-19-15-27-81(75-55)65(84)56(34-46(32-43(49)2)33-44(3)63(71)72)74-64(83)60(47-16-12-13-17-47)78-28-24-70(40-78)25-29-79(41-70)66(85)62-59(48-20-21-48)82(62)90(87)68(5,6)7/h22-23,32-33,35-36,38,45,47-48,50,55-56,59-60,62-63,75H,2,11-21,24-31,34,37,39-42H2,1,3-10H3,(H,74,83)/b44-33+,46-32+/t45-,50+,55-,56-,59+,60-,62+,70-,82?,90?/m0/s1. The number of aryl methyl sites for hydroxylation is 1. The van der Waals surface area contributed by atoms with Gasteiger partial charge in [0.05, 0.1) is 48.1 Å². The number of carbonyl (C=O) groups is 4. The molecule has 2 aliphatic carbocycles. The summed E-state index contributed by atoms with van der Waals surface area (Å²) in [6, 6.07) is 6.01. The molecule has 90 heavy (non-hydrogen) atoms. The molecule has 3 amide bonds. The third kappa shape index (κ3) is 13.2. The maximum Gasteiger partial charge on any atom is 0.324 e. The highest BCUT2D eigenvalue weighted by Gasteiger charge is 2.68. The van der Waals surface area contributed by atoms with E-state index >= 15 is 9.59 Å². The summed E-state index contributed by atoms with van der Waals surface area (Å²) in [4.78, 5) is 74.4. The molecule has 17 nitrogen and oxygen atoms in total. The highest BCUT2D eigenvalue weighted by Crippen LogP contribution is 2.52. The van der Waals surface area contributed by atoms with Gasteiger partial charge >= 0.3 is 5.97 Å². The van der Waals surface area contributed by atoms with Crippen molar-refractivity contribution in [2.45, 2.75) is 205 Å². The maximum atomic E-state index is 15.6. The first-order valence-electron chi connectivity index (χ1n) is 33.8. The predicted octanol–water partition coefficient (Wildman–Crippen LogP) is 9.77. The minimum atomic E-state index is -2.79. The van der Waals surface area contributed by atoms with Crippen LogP contribution in [-0.2, 0) is 53.0 Å². The van der Waals surface area contributed by atoms with Gasteiger partial charge in [0.1, 0.15) is 16.8 Å². The van der Waals surface area contributed by atoms with Crippen LogP contribution in [-0.4, -0.2) is 182 Å². The lowest BCUT2D eigenvalue weighted by atomic mass is 9.84. The fourth-order valence-corrected chi connectivity index (χ4v) is 17.9. The minimum Gasteiger partial charge on any atom is -0.597 e. The summed E-state index contributed by atoms with van der Waals surface area (Å²) >= 11 is -1.29. The number of benzene rings is 1. The number of halogens is 2. The lowest BCUT2D eigenvalue weighted by Crippen LogP contribution is -2.61. The number of pyridine rings is 1. The van der Waals surface area contributed by atoms with Crippen molar-refractivity contribution in [3.8, 4) is 11.3 Å². The Kier molecular flexibility index (Phi) is 18.7. The number of esters is 1. The number of anilines is 1. The Labute approximate surface area is 535 Å². The number of hydrogen-bond donors (Lipinski definition) is 2. The normalized spacial score (nSPS) is 30.0. The zero-order valence-electron chi connectivity index (χ0n) is 54.8. The zero-order valence-corrected chi connectivity index (χ0v) is 55.6. The van der Waals surface area contributed by atoms with Crippen molar-refractivity contribution in [3.05, 3.63) is 77.2 Å². The van der Waals surface area contributed by atoms with Crippen LogP contribution in [0.5, 0.6) is 0 Å². The number of amides is 3. The Bertz CT molecular complexity index is 3300. The lowest BCUT2D eigenvalue weighted by molar-refractivity contribution is -0.155. The largest absolute Gasteiger partial charge is 0.597 e. The molecule has 9 aliphatic rings. The van der Waals surface area contributed by atoms with Gasteiger partial charge in [-0.05, 0) is 183 Å². The zero-order chi connectivity index (χ0) is 63.7. The van der Waals surface area contributed by atoms with Crippen LogP contribution in [0.4, 0.5) is 14.5 Å². The van der Waals surface area contributed by atoms with Crippen molar-refractivity contribution < 1.29 is 42.0 Å². The molecule has 10 atom stereocenters. The number of ether oxygens (including phenoxy) is 2. The molecule has 20 heteroatoms. The molecule has 490 valence electrons. The van der Waals surface area contributed by atoms with Gasteiger partial charge < -0.3 is 33.7 Å². The van der Waals surface area contributed by atoms with E-state index in [4.69, 9.17) is 14.5 Å². The fourth-order valence-electron chi connectivity index (χ4n) is 16.4. The molecule has 12 rings (SSSR count). The van der Waals surface area contributed by atoms with Gasteiger partial charge in [0.2, 0.25) is 11.8 Å². The second-order valence-electron chi connectivity index (χ2n) is 29.8. The number of nitrogens with one attached hydrogen (secondary N) is 2. The van der Waals surface area contributed by atoms with Crippen LogP contribution < -0.4 is 15.6 Å². The Balaban J connectivity index is 0.884. The summed E-state index contributed by atoms with van der Waals surface area (Å²) in [5, 5.41) is 5.65. The maximum absolute atomic E-state index is 15.6. The third-order valence-electron chi connectivity index (χ3n) is 21.5. The number of hydrogen-bond acceptors (Lipinski definition) is 13. The Morgan fingerprint density at radius 3 is 2.47 bits per heavy atom. The Hall–Kier alpha value is -5.22. The van der Waals surface area contributed by atoms with Crippen LogP contribution >= 0.6 is 0 Å². The second kappa shape index (κ2) is 25.9. The number of likely N-dealkylation sites (tertiary alicyclic amines) is 2. The van der Waals surface area contributed by atoms with E-state index in [1.807, 2.05) is 49.2 Å². The summed E-state index contributed by atoms with van der Waals surface area (Å²) in [5.41, 5.74) is 9.74. The highest BCUT2D eigenvalue weighted by molar-refractivity contribution is 7.90. The van der Waals surface area contributed by atoms with Crippen molar-refractivity contribution in [2.24, 2.45) is 22.7 Å². The molecule has 0 radical (unpaired) electrons. The van der Waals surface area contributed by atoms with Gasteiger partial charge in [-0.2, -0.15) is 0 Å². The molecule has 6 saturated heterocycles. The number of hydrazine groups is 1. The van der Waals surface area contributed by atoms with E-state index in [0.717, 1.165) is 122 Å². The first-order valence-corrected chi connectivity index (χ1v) is 34.9. The smallest absolute Gasteiger partial charge is 0.324 e. The molecule has 1 aromatic carbocycles. The van der Waals surface area contributed by atoms with Crippen LogP contribution in [0.2, 0.25) is 0 Å². The number of piperazine rings is 1. The number of allylic oxidation sites excluding steroid dienone is 4. The molecule has 8 fully saturated rings. The molecular weight excluding hydrogens is 1160 g/mol. The van der Waals surface area contributed by atoms with Gasteiger partial charge in [-0.1, -0.05) is 51.5 Å². The summed E-state index contributed by atoms with van der Waals surface area (Å²) in [6.07, 6.45) is 13.1. The number of alkyl halides is 2. The van der Waals surface area contributed by atoms with Gasteiger partial charge in [0.15, 0.2) is 6.04 Å². The molecule has 4 bridgehead atoms. The quantitative estimate of drug-likeness (QED) is 0.0889. The number of cyclic esters (lactones) is 1. The van der Waals surface area contributed by atoms with Crippen LogP contribution in [0.15, 0.2) is 60.3 Å². The summed E-state index contributed by atoms with van der Waals surface area (Å²) in [5.74, 6) is -0.791. The number of nitrogens with zero attached hydrogens (tertiary/aromatic N) is 8. The van der Waals surface area contributed by atoms with E-state index in [0.29, 0.717) is 75.1 Å². The first-order chi connectivity index (χ1) is 42.9. The molecule has 2 unspecified atom stereocenters. The van der Waals surface area contributed by atoms with Gasteiger partial charge in [0, 0.05) is 111 Å². The van der Waals surface area contributed by atoms with Crippen molar-refractivity contribution in [3.63, 3.8) is 0 Å². The lowest BCUT2D eigenvalue weighted by Gasteiger charge is -2.39. The summed E-state index contributed by atoms with van der Waals surface area (Å²) in [6.45, 7) is 27.6. The molecule has 2 aromatic heterocycles. The predicted molar refractivity (Wildman–Crippen MR) is 348 cm³/mol. The van der Waals surface area contributed by atoms with Crippen LogP contribution in [0.1, 0.15) is 162 Å². The molecular formula is C70H98F2N10O7S. The van der Waals surface area contributed by atoms with Gasteiger partial charge in [-0.3, -0.25) is 39.0 Å². The van der Waals surface area contributed by atoms with Gasteiger partial charge in [-0.25, -0.2) is 14.2 Å². The average Bonchev–Trinajstić information content (AvgIpc) is 1.56. The SMILES string of the molecule is C=C1/C=C(\C=C(/C)C(F)F)C[C@H](NC(=O)[C@H](C2CCCC2)N2CC[C@]3(CCN(C(=O)[C@H]4[C@@H](C5CC5)N4[S+]([O-])C(C)(C)C)C3)C2)C(=O)N2CCC[C@H](N2)C(=O)OCC(C)(C)Cc2c(-c3cc(N4CCN5CCC[C@@H]5C4)cnc3[C@H](C)OC)n(CC)c3ccc1cc23. The van der Waals surface area contributed by atoms with E-state index in [2.05, 4.69) is 75.6 Å². The van der Waals surface area contributed by atoms with Crippen molar-refractivity contribution in [2.75, 3.05) is 77.5 Å². The third-order valence-corrected chi connectivity index (χ3v) is 23.4. The number of methoxy groups -OCH3 is 1. The van der Waals surface area contributed by atoms with Crippen molar-refractivity contribution in [1.29, 1.82) is 0 Å². The molecule has 7 aliphatic heterocycles. The number of carbonyl (C=O) groups excluding carboxylic acids is 4. The number of aromatic nitrogens is 2. The minimum absolute atomic E-state index is 0.0124. The first kappa shape index (κ1) is 64.9. The topological polar surface area (TPSA) is 171 Å². The average molecular weight is 1260 g/mol. The van der Waals surface area contributed by atoms with E-state index in [1.165, 1.54) is 30.9 Å². The van der Waals surface area contributed by atoms with Crippen LogP contribution in [0.3, 0.4) is 0 Å². The Morgan fingerprint density at radius 2 is 1.74 bits per heavy atom. The van der Waals surface area contributed by atoms with Crippen molar-refractivity contribution in [1.82, 2.24) is 44.3 Å². The molecule has 1 spiro atoms. The molecule has 2 saturated carbocycles. The number of rotatable bonds is 14. The molecule has 2 N–H and O–H groups in total.